The van der Waals surface area contributed by atoms with Gasteiger partial charge in [0.05, 0.1) is 23.8 Å². The molecule has 0 unspecified atom stereocenters. The minimum atomic E-state index is -0.0707. The van der Waals surface area contributed by atoms with Crippen LogP contribution in [0.5, 0.6) is 5.75 Å². The van der Waals surface area contributed by atoms with Crippen molar-refractivity contribution in [1.29, 1.82) is 0 Å². The smallest absolute Gasteiger partial charge is 0.254 e. The summed E-state index contributed by atoms with van der Waals surface area (Å²) in [7, 11) is 5.26. The van der Waals surface area contributed by atoms with Crippen molar-refractivity contribution in [2.75, 3.05) is 14.2 Å². The number of halogens is 1. The topological polar surface area (TPSA) is 60.2 Å². The molecule has 7 heteroatoms. The van der Waals surface area contributed by atoms with E-state index in [9.17, 15) is 4.79 Å². The lowest BCUT2D eigenvalue weighted by Gasteiger charge is -2.20. The van der Waals surface area contributed by atoms with Crippen molar-refractivity contribution in [1.82, 2.24) is 19.7 Å². The zero-order chi connectivity index (χ0) is 19.0. The quantitative estimate of drug-likeness (QED) is 0.651. The Labute approximate surface area is 160 Å². The largest absolute Gasteiger partial charge is 0.496 e. The van der Waals surface area contributed by atoms with E-state index in [1.165, 1.54) is 0 Å². The molecule has 0 saturated heterocycles. The Morgan fingerprint density at radius 2 is 2.04 bits per heavy atom. The summed E-state index contributed by atoms with van der Waals surface area (Å²) in [5, 5.41) is 5.22. The molecule has 136 valence electrons. The highest BCUT2D eigenvalue weighted by atomic mass is 79.9. The number of hydrogen-bond donors (Lipinski definition) is 0. The van der Waals surface area contributed by atoms with E-state index >= 15 is 0 Å². The Kier molecular flexibility index (Phi) is 5.00. The Morgan fingerprint density at radius 1 is 1.31 bits per heavy atom. The SMILES string of the molecule is COc1ccc(Br)cc1CN(C)C(=O)c1cc(C)nc2c1c(C)nn2C. The van der Waals surface area contributed by atoms with Gasteiger partial charge in [-0.3, -0.25) is 9.48 Å². The third kappa shape index (κ3) is 3.31. The van der Waals surface area contributed by atoms with Crippen LogP contribution in [0.2, 0.25) is 0 Å². The van der Waals surface area contributed by atoms with Gasteiger partial charge in [-0.15, -0.1) is 0 Å². The number of carbonyl (C=O) groups is 1. The number of amides is 1. The minimum absolute atomic E-state index is 0.0707. The number of carbonyl (C=O) groups excluding carboxylic acids is 1. The maximum absolute atomic E-state index is 13.2. The molecule has 3 rings (SSSR count). The molecule has 0 radical (unpaired) electrons. The fraction of sp³-hybridized carbons (Fsp3) is 0.316. The van der Waals surface area contributed by atoms with Gasteiger partial charge in [-0.2, -0.15) is 5.10 Å². The van der Waals surface area contributed by atoms with Gasteiger partial charge in [-0.05, 0) is 38.1 Å². The molecule has 6 nitrogen and oxygen atoms in total. The molecule has 0 bridgehead atoms. The summed E-state index contributed by atoms with van der Waals surface area (Å²) >= 11 is 3.47. The van der Waals surface area contributed by atoms with Gasteiger partial charge >= 0.3 is 0 Å². The fourth-order valence-corrected chi connectivity index (χ4v) is 3.55. The molecular formula is C19H21BrN4O2. The molecule has 0 aliphatic rings. The number of rotatable bonds is 4. The number of ether oxygens (including phenoxy) is 1. The standard InChI is InChI=1S/C19H21BrN4O2/c1-11-8-15(17-12(2)22-24(4)18(17)21-11)19(25)23(3)10-13-9-14(20)6-7-16(13)26-5/h6-9H,10H2,1-5H3. The first kappa shape index (κ1) is 18.4. The van der Waals surface area contributed by atoms with Crippen molar-refractivity contribution in [2.45, 2.75) is 20.4 Å². The zero-order valence-electron chi connectivity index (χ0n) is 15.5. The molecule has 0 aliphatic carbocycles. The van der Waals surface area contributed by atoms with Crippen molar-refractivity contribution >= 4 is 32.9 Å². The van der Waals surface area contributed by atoms with Crippen LogP contribution in [0.15, 0.2) is 28.7 Å². The summed E-state index contributed by atoms with van der Waals surface area (Å²) in [6, 6.07) is 7.59. The maximum Gasteiger partial charge on any atom is 0.254 e. The van der Waals surface area contributed by atoms with Crippen LogP contribution < -0.4 is 4.74 Å². The minimum Gasteiger partial charge on any atom is -0.496 e. The Bertz CT molecular complexity index is 997. The van der Waals surface area contributed by atoms with Crippen LogP contribution in [0.3, 0.4) is 0 Å². The molecule has 0 fully saturated rings. The third-order valence-electron chi connectivity index (χ3n) is 4.32. The normalized spacial score (nSPS) is 11.0. The van der Waals surface area contributed by atoms with Crippen LogP contribution in [0.1, 0.15) is 27.3 Å². The van der Waals surface area contributed by atoms with Crippen LogP contribution >= 0.6 is 15.9 Å². The summed E-state index contributed by atoms with van der Waals surface area (Å²) < 4.78 is 8.07. The van der Waals surface area contributed by atoms with Gasteiger partial charge in [0.1, 0.15) is 5.75 Å². The molecule has 26 heavy (non-hydrogen) atoms. The number of pyridine rings is 1. The summed E-state index contributed by atoms with van der Waals surface area (Å²) in [6.07, 6.45) is 0. The highest BCUT2D eigenvalue weighted by Crippen LogP contribution is 2.26. The highest BCUT2D eigenvalue weighted by molar-refractivity contribution is 9.10. The summed E-state index contributed by atoms with van der Waals surface area (Å²) in [4.78, 5) is 19.4. The maximum atomic E-state index is 13.2. The van der Waals surface area contributed by atoms with Crippen molar-refractivity contribution in [3.05, 3.63) is 51.3 Å². The van der Waals surface area contributed by atoms with Gasteiger partial charge < -0.3 is 9.64 Å². The fourth-order valence-electron chi connectivity index (χ4n) is 3.14. The predicted octanol–water partition coefficient (Wildman–Crippen LogP) is 3.63. The first-order valence-corrected chi connectivity index (χ1v) is 9.00. The van der Waals surface area contributed by atoms with Crippen molar-refractivity contribution < 1.29 is 9.53 Å². The molecule has 0 aliphatic heterocycles. The number of aryl methyl sites for hydroxylation is 3. The first-order chi connectivity index (χ1) is 12.3. The molecule has 2 aromatic heterocycles. The number of benzene rings is 1. The second kappa shape index (κ2) is 7.07. The van der Waals surface area contributed by atoms with Crippen molar-refractivity contribution in [2.24, 2.45) is 7.05 Å². The van der Waals surface area contributed by atoms with E-state index in [0.717, 1.165) is 38.2 Å². The number of methoxy groups -OCH3 is 1. The molecule has 0 saturated carbocycles. The van der Waals surface area contributed by atoms with Gasteiger partial charge in [-0.25, -0.2) is 4.98 Å². The van der Waals surface area contributed by atoms with Crippen LogP contribution in [-0.4, -0.2) is 39.7 Å². The van der Waals surface area contributed by atoms with E-state index in [0.29, 0.717) is 12.1 Å². The molecule has 2 heterocycles. The van der Waals surface area contributed by atoms with Crippen molar-refractivity contribution in [3.8, 4) is 5.75 Å². The van der Waals surface area contributed by atoms with E-state index in [4.69, 9.17) is 4.74 Å². The van der Waals surface area contributed by atoms with E-state index in [1.54, 1.807) is 23.7 Å². The van der Waals surface area contributed by atoms with E-state index in [1.807, 2.05) is 45.2 Å². The monoisotopic (exact) mass is 416 g/mol. The van der Waals surface area contributed by atoms with Crippen LogP contribution in [0.25, 0.3) is 11.0 Å². The number of aromatic nitrogens is 3. The molecule has 3 aromatic rings. The van der Waals surface area contributed by atoms with Gasteiger partial charge in [0.15, 0.2) is 5.65 Å². The zero-order valence-corrected chi connectivity index (χ0v) is 17.1. The molecule has 0 atom stereocenters. The second-order valence-corrected chi connectivity index (χ2v) is 7.25. The van der Waals surface area contributed by atoms with Gasteiger partial charge in [-0.1, -0.05) is 15.9 Å². The lowest BCUT2D eigenvalue weighted by atomic mass is 10.1. The van der Waals surface area contributed by atoms with Gasteiger partial charge in [0.25, 0.3) is 5.91 Å². The van der Waals surface area contributed by atoms with E-state index < -0.39 is 0 Å². The Balaban J connectivity index is 2.00. The average molecular weight is 417 g/mol. The van der Waals surface area contributed by atoms with Gasteiger partial charge in [0.2, 0.25) is 0 Å². The van der Waals surface area contributed by atoms with E-state index in [-0.39, 0.29) is 5.91 Å². The molecule has 1 amide bonds. The number of fused-ring (bicyclic) bond motifs is 1. The summed E-state index contributed by atoms with van der Waals surface area (Å²) in [5.41, 5.74) is 3.86. The predicted molar refractivity (Wildman–Crippen MR) is 104 cm³/mol. The highest BCUT2D eigenvalue weighted by Gasteiger charge is 2.21. The number of nitrogens with zero attached hydrogens (tertiary/aromatic N) is 4. The third-order valence-corrected chi connectivity index (χ3v) is 4.82. The van der Waals surface area contributed by atoms with Crippen LogP contribution in [-0.2, 0) is 13.6 Å². The van der Waals surface area contributed by atoms with Crippen molar-refractivity contribution in [3.63, 3.8) is 0 Å². The summed E-state index contributed by atoms with van der Waals surface area (Å²) in [6.45, 7) is 4.22. The number of hydrogen-bond acceptors (Lipinski definition) is 4. The first-order valence-electron chi connectivity index (χ1n) is 8.20. The van der Waals surface area contributed by atoms with Crippen LogP contribution in [0, 0.1) is 13.8 Å². The van der Waals surface area contributed by atoms with E-state index in [2.05, 4.69) is 26.0 Å². The summed E-state index contributed by atoms with van der Waals surface area (Å²) in [5.74, 6) is 0.681. The second-order valence-electron chi connectivity index (χ2n) is 6.34. The lowest BCUT2D eigenvalue weighted by Crippen LogP contribution is -2.27. The molecule has 0 spiro atoms. The molecular weight excluding hydrogens is 396 g/mol. The Morgan fingerprint density at radius 3 is 2.73 bits per heavy atom. The lowest BCUT2D eigenvalue weighted by molar-refractivity contribution is 0.0786. The average Bonchev–Trinajstić information content (AvgIpc) is 2.87. The Hall–Kier alpha value is -2.41. The van der Waals surface area contributed by atoms with Gasteiger partial charge in [0, 0.05) is 36.4 Å². The molecule has 1 aromatic carbocycles. The van der Waals surface area contributed by atoms with Crippen LogP contribution in [0.4, 0.5) is 0 Å². The molecule has 0 N–H and O–H groups in total.